The van der Waals surface area contributed by atoms with Crippen molar-refractivity contribution in [3.8, 4) is 11.1 Å². The van der Waals surface area contributed by atoms with E-state index in [9.17, 15) is 0 Å². The van der Waals surface area contributed by atoms with Gasteiger partial charge in [0.2, 0.25) is 0 Å². The molecule has 0 N–H and O–H groups in total. The van der Waals surface area contributed by atoms with Crippen molar-refractivity contribution in [1.82, 2.24) is 0 Å². The highest BCUT2D eigenvalue weighted by Gasteiger charge is 2.45. The molecular formula is C50H49BN2S. The van der Waals surface area contributed by atoms with Gasteiger partial charge in [-0.1, -0.05) is 153 Å². The number of hydrogen-bond acceptors (Lipinski definition) is 3. The second-order valence-electron chi connectivity index (χ2n) is 18.3. The number of nitrogens with zero attached hydrogens (tertiary/aromatic N) is 2. The van der Waals surface area contributed by atoms with E-state index in [0.29, 0.717) is 0 Å². The number of para-hydroxylation sites is 1. The Morgan fingerprint density at radius 2 is 1.04 bits per heavy atom. The van der Waals surface area contributed by atoms with Gasteiger partial charge >= 0.3 is 0 Å². The summed E-state index contributed by atoms with van der Waals surface area (Å²) in [6, 6.07) is 50.6. The zero-order valence-electron chi connectivity index (χ0n) is 33.1. The summed E-state index contributed by atoms with van der Waals surface area (Å²) in [5.74, 6) is 0. The van der Waals surface area contributed by atoms with E-state index in [4.69, 9.17) is 0 Å². The van der Waals surface area contributed by atoms with Crippen LogP contribution >= 0.6 is 11.3 Å². The quantitative estimate of drug-likeness (QED) is 0.168. The van der Waals surface area contributed by atoms with Crippen LogP contribution in [0.4, 0.5) is 33.4 Å². The summed E-state index contributed by atoms with van der Waals surface area (Å²) in [6.07, 6.45) is 0. The van der Waals surface area contributed by atoms with Gasteiger partial charge in [0.15, 0.2) is 0 Å². The molecule has 2 aliphatic rings. The van der Waals surface area contributed by atoms with Gasteiger partial charge in [0.25, 0.3) is 6.71 Å². The third kappa shape index (κ3) is 5.52. The molecule has 0 saturated heterocycles. The molecule has 0 radical (unpaired) electrons. The van der Waals surface area contributed by atoms with Gasteiger partial charge in [0.1, 0.15) is 0 Å². The first-order valence-electron chi connectivity index (χ1n) is 19.4. The molecule has 7 aromatic rings. The fraction of sp³-hybridized carbons (Fsp3) is 0.240. The number of anilines is 6. The van der Waals surface area contributed by atoms with Crippen LogP contribution in [-0.2, 0) is 16.2 Å². The SMILES string of the molecule is CC(C)(C)c1ccc(N2c3cccc4c3B(c3cc(C(C)(C)C)ccc3N4c3ccccc3-c3ccccc3)c3c2sc2ccc(C(C)(C)C)cc32)cc1. The van der Waals surface area contributed by atoms with Gasteiger partial charge in [-0.05, 0) is 103 Å². The highest BCUT2D eigenvalue weighted by Crippen LogP contribution is 2.49. The lowest BCUT2D eigenvalue weighted by molar-refractivity contribution is 0.590. The van der Waals surface area contributed by atoms with Gasteiger partial charge in [-0.3, -0.25) is 0 Å². The standard InChI is InChI=1S/C50H49BN2S/c1-48(2,3)33-22-26-36(27-23-33)52-42-20-15-21-43-46(42)51(45-38-30-34(49(4,5)6)25-29-44(38)54-47(45)52)39-31-35(50(7,8)9)24-28-41(39)53(43)40-19-14-13-18-37(40)32-16-11-10-12-17-32/h10-31H,1-9H3. The Hall–Kier alpha value is -5.06. The Morgan fingerprint density at radius 3 is 1.72 bits per heavy atom. The molecule has 4 heteroatoms. The maximum Gasteiger partial charge on any atom is 0.254 e. The van der Waals surface area contributed by atoms with Crippen LogP contribution < -0.4 is 26.2 Å². The lowest BCUT2D eigenvalue weighted by atomic mass is 9.33. The molecule has 3 heterocycles. The van der Waals surface area contributed by atoms with Crippen molar-refractivity contribution >= 4 is 78.0 Å². The molecule has 0 saturated carbocycles. The maximum atomic E-state index is 2.57. The first-order valence-corrected chi connectivity index (χ1v) is 20.2. The first kappa shape index (κ1) is 34.7. The van der Waals surface area contributed by atoms with E-state index >= 15 is 0 Å². The monoisotopic (exact) mass is 720 g/mol. The highest BCUT2D eigenvalue weighted by atomic mass is 32.1. The maximum absolute atomic E-state index is 2.57. The van der Waals surface area contributed by atoms with Crippen molar-refractivity contribution in [2.75, 3.05) is 9.80 Å². The lowest BCUT2D eigenvalue weighted by Gasteiger charge is -2.44. The number of benzene rings is 6. The van der Waals surface area contributed by atoms with Crippen LogP contribution in [0.5, 0.6) is 0 Å². The van der Waals surface area contributed by atoms with Crippen LogP contribution in [0.15, 0.2) is 133 Å². The molecule has 9 rings (SSSR count). The smallest absolute Gasteiger partial charge is 0.254 e. The Kier molecular flexibility index (Phi) is 7.86. The molecule has 2 nitrogen and oxygen atoms in total. The largest absolute Gasteiger partial charge is 0.311 e. The summed E-state index contributed by atoms with van der Waals surface area (Å²) >= 11 is 1.94. The Labute approximate surface area is 326 Å². The van der Waals surface area contributed by atoms with E-state index in [0.717, 1.165) is 0 Å². The molecular weight excluding hydrogens is 671 g/mol. The van der Waals surface area contributed by atoms with Crippen LogP contribution in [0.2, 0.25) is 0 Å². The molecule has 6 aromatic carbocycles. The van der Waals surface area contributed by atoms with E-state index in [1.165, 1.54) is 87.7 Å². The second kappa shape index (κ2) is 12.2. The minimum absolute atomic E-state index is 0.00392. The molecule has 0 aliphatic carbocycles. The molecule has 0 fully saturated rings. The van der Waals surface area contributed by atoms with Gasteiger partial charge in [-0.15, -0.1) is 11.3 Å². The fourth-order valence-electron chi connectivity index (χ4n) is 8.55. The minimum Gasteiger partial charge on any atom is -0.311 e. The molecule has 0 atom stereocenters. The van der Waals surface area contributed by atoms with Crippen LogP contribution in [0, 0.1) is 0 Å². The van der Waals surface area contributed by atoms with E-state index in [1.54, 1.807) is 0 Å². The summed E-state index contributed by atoms with van der Waals surface area (Å²) in [6.45, 7) is 21.0. The topological polar surface area (TPSA) is 6.48 Å². The van der Waals surface area contributed by atoms with Gasteiger partial charge in [-0.25, -0.2) is 0 Å². The minimum atomic E-state index is -0.00392. The fourth-order valence-corrected chi connectivity index (χ4v) is 9.81. The van der Waals surface area contributed by atoms with Gasteiger partial charge in [-0.2, -0.15) is 0 Å². The third-order valence-electron chi connectivity index (χ3n) is 11.6. The summed E-state index contributed by atoms with van der Waals surface area (Å²) in [7, 11) is 0. The van der Waals surface area contributed by atoms with E-state index in [1.807, 2.05) is 11.3 Å². The molecule has 268 valence electrons. The summed E-state index contributed by atoms with van der Waals surface area (Å²) < 4.78 is 1.34. The molecule has 0 bridgehead atoms. The molecule has 0 amide bonds. The van der Waals surface area contributed by atoms with Crippen molar-refractivity contribution in [3.05, 3.63) is 150 Å². The Balaban J connectivity index is 1.39. The Bertz CT molecular complexity index is 2560. The summed E-state index contributed by atoms with van der Waals surface area (Å²) in [4.78, 5) is 5.12. The number of rotatable bonds is 3. The predicted molar refractivity (Wildman–Crippen MR) is 237 cm³/mol. The van der Waals surface area contributed by atoms with Crippen molar-refractivity contribution in [3.63, 3.8) is 0 Å². The molecule has 0 spiro atoms. The van der Waals surface area contributed by atoms with Crippen LogP contribution in [-0.4, -0.2) is 6.71 Å². The number of thiophene rings is 1. The van der Waals surface area contributed by atoms with Crippen molar-refractivity contribution in [2.45, 2.75) is 78.6 Å². The van der Waals surface area contributed by atoms with Gasteiger partial charge in [0, 0.05) is 33.0 Å². The second-order valence-corrected chi connectivity index (χ2v) is 19.3. The van der Waals surface area contributed by atoms with E-state index in [-0.39, 0.29) is 23.0 Å². The van der Waals surface area contributed by atoms with Crippen molar-refractivity contribution in [1.29, 1.82) is 0 Å². The summed E-state index contributed by atoms with van der Waals surface area (Å²) in [5, 5.41) is 2.69. The highest BCUT2D eigenvalue weighted by molar-refractivity contribution is 7.26. The van der Waals surface area contributed by atoms with Crippen molar-refractivity contribution < 1.29 is 0 Å². The molecule has 2 aliphatic heterocycles. The predicted octanol–water partition coefficient (Wildman–Crippen LogP) is 12.5. The molecule has 54 heavy (non-hydrogen) atoms. The third-order valence-corrected chi connectivity index (χ3v) is 12.7. The average molecular weight is 721 g/mol. The number of fused-ring (bicyclic) bond motifs is 6. The number of hydrogen-bond donors (Lipinski definition) is 0. The first-order chi connectivity index (χ1) is 25.7. The zero-order chi connectivity index (χ0) is 37.7. The normalized spacial score (nSPS) is 13.9. The van der Waals surface area contributed by atoms with Crippen LogP contribution in [0.25, 0.3) is 21.2 Å². The van der Waals surface area contributed by atoms with Gasteiger partial charge in [0.05, 0.1) is 10.7 Å². The lowest BCUT2D eigenvalue weighted by Crippen LogP contribution is -2.61. The van der Waals surface area contributed by atoms with Gasteiger partial charge < -0.3 is 9.80 Å². The zero-order valence-corrected chi connectivity index (χ0v) is 33.9. The van der Waals surface area contributed by atoms with Crippen LogP contribution in [0.3, 0.4) is 0 Å². The summed E-state index contributed by atoms with van der Waals surface area (Å²) in [5.41, 5.74) is 16.9. The molecule has 1 aromatic heterocycles. The van der Waals surface area contributed by atoms with Crippen LogP contribution in [0.1, 0.15) is 79.0 Å². The van der Waals surface area contributed by atoms with E-state index in [2.05, 4.69) is 206 Å². The Morgan fingerprint density at radius 1 is 0.463 bits per heavy atom. The van der Waals surface area contributed by atoms with E-state index < -0.39 is 0 Å². The van der Waals surface area contributed by atoms with Crippen molar-refractivity contribution in [2.24, 2.45) is 0 Å². The average Bonchev–Trinajstić information content (AvgIpc) is 3.52. The molecule has 0 unspecified atom stereocenters.